The Hall–Kier alpha value is -0.570. The van der Waals surface area contributed by atoms with Crippen molar-refractivity contribution < 1.29 is 4.79 Å². The number of amides is 1. The molecule has 0 spiro atoms. The molecule has 2 N–H and O–H groups in total. The van der Waals surface area contributed by atoms with E-state index in [0.29, 0.717) is 23.8 Å². The number of hydrogen-bond acceptors (Lipinski definition) is 2. The van der Waals surface area contributed by atoms with Crippen LogP contribution in [0.3, 0.4) is 0 Å². The maximum atomic E-state index is 11.6. The smallest absolute Gasteiger partial charge is 0.225 e. The van der Waals surface area contributed by atoms with Crippen molar-refractivity contribution in [3.05, 3.63) is 0 Å². The summed E-state index contributed by atoms with van der Waals surface area (Å²) < 4.78 is 0. The molecule has 0 aromatic carbocycles. The molecule has 0 aliphatic heterocycles. The Morgan fingerprint density at radius 1 is 1.46 bits per heavy atom. The lowest BCUT2D eigenvalue weighted by Gasteiger charge is -2.35. The molecular weight excluding hydrogens is 164 g/mol. The van der Waals surface area contributed by atoms with Gasteiger partial charge in [0, 0.05) is 25.6 Å². The minimum Gasteiger partial charge on any atom is -0.345 e. The van der Waals surface area contributed by atoms with Gasteiger partial charge in [0.25, 0.3) is 0 Å². The highest BCUT2D eigenvalue weighted by molar-refractivity contribution is 5.80. The molecule has 1 amide bonds. The minimum absolute atomic E-state index is 0.348. The normalized spacial score (nSPS) is 32.5. The summed E-state index contributed by atoms with van der Waals surface area (Å²) in [5.41, 5.74) is 5.69. The fourth-order valence-corrected chi connectivity index (χ4v) is 2.06. The maximum Gasteiger partial charge on any atom is 0.225 e. The van der Waals surface area contributed by atoms with E-state index < -0.39 is 0 Å². The van der Waals surface area contributed by atoms with Gasteiger partial charge in [-0.05, 0) is 31.6 Å². The van der Waals surface area contributed by atoms with Crippen molar-refractivity contribution in [2.75, 3.05) is 13.6 Å². The number of hydrogen-bond donors (Lipinski definition) is 1. The quantitative estimate of drug-likeness (QED) is 0.694. The number of nitrogens with two attached hydrogens (primary N) is 1. The van der Waals surface area contributed by atoms with E-state index in [9.17, 15) is 4.79 Å². The summed E-state index contributed by atoms with van der Waals surface area (Å²) in [4.78, 5) is 13.5. The third-order valence-corrected chi connectivity index (χ3v) is 3.11. The van der Waals surface area contributed by atoms with Gasteiger partial charge in [-0.3, -0.25) is 4.79 Å². The van der Waals surface area contributed by atoms with E-state index in [1.165, 1.54) is 0 Å². The molecule has 0 aromatic rings. The van der Waals surface area contributed by atoms with Crippen molar-refractivity contribution in [2.24, 2.45) is 17.6 Å². The molecule has 0 radical (unpaired) electrons. The standard InChI is InChI=1S/C10H18N2O/c1-12(10(13)8-2-3-8)6-7-4-9(11)5-7/h7-9H,2-6,11H2,1H3. The Kier molecular flexibility index (Phi) is 2.28. The SMILES string of the molecule is CN(CC1CC(N)C1)C(=O)C1CC1. The lowest BCUT2D eigenvalue weighted by molar-refractivity contribution is -0.132. The van der Waals surface area contributed by atoms with Gasteiger partial charge in [0.1, 0.15) is 0 Å². The lowest BCUT2D eigenvalue weighted by atomic mass is 9.80. The molecule has 0 unspecified atom stereocenters. The highest BCUT2D eigenvalue weighted by Crippen LogP contribution is 2.32. The zero-order valence-electron chi connectivity index (χ0n) is 8.20. The van der Waals surface area contributed by atoms with Crippen molar-refractivity contribution in [3.63, 3.8) is 0 Å². The summed E-state index contributed by atoms with van der Waals surface area (Å²) in [5.74, 6) is 1.38. The second-order valence-electron chi connectivity index (χ2n) is 4.59. The molecule has 0 heterocycles. The third-order valence-electron chi connectivity index (χ3n) is 3.11. The Labute approximate surface area is 79.3 Å². The van der Waals surface area contributed by atoms with Crippen LogP contribution in [0.4, 0.5) is 0 Å². The van der Waals surface area contributed by atoms with Gasteiger partial charge in [0.2, 0.25) is 5.91 Å². The molecule has 2 fully saturated rings. The molecule has 2 rings (SSSR count). The van der Waals surface area contributed by atoms with Crippen molar-refractivity contribution in [1.29, 1.82) is 0 Å². The van der Waals surface area contributed by atoms with E-state index in [-0.39, 0.29) is 0 Å². The van der Waals surface area contributed by atoms with Gasteiger partial charge in [0.05, 0.1) is 0 Å². The second-order valence-corrected chi connectivity index (χ2v) is 4.59. The van der Waals surface area contributed by atoms with Crippen LogP contribution in [-0.2, 0) is 4.79 Å². The average molecular weight is 182 g/mol. The summed E-state index contributed by atoms with van der Waals surface area (Å²) >= 11 is 0. The molecule has 74 valence electrons. The van der Waals surface area contributed by atoms with Crippen molar-refractivity contribution in [1.82, 2.24) is 4.90 Å². The van der Waals surface area contributed by atoms with E-state index in [2.05, 4.69) is 0 Å². The number of rotatable bonds is 3. The lowest BCUT2D eigenvalue weighted by Crippen LogP contribution is -2.43. The summed E-state index contributed by atoms with van der Waals surface area (Å²) in [6, 6.07) is 0.398. The van der Waals surface area contributed by atoms with Crippen LogP contribution in [-0.4, -0.2) is 30.4 Å². The summed E-state index contributed by atoms with van der Waals surface area (Å²) in [5, 5.41) is 0. The molecule has 13 heavy (non-hydrogen) atoms. The molecule has 2 saturated carbocycles. The van der Waals surface area contributed by atoms with Crippen LogP contribution >= 0.6 is 0 Å². The first-order valence-corrected chi connectivity index (χ1v) is 5.17. The van der Waals surface area contributed by atoms with Crippen LogP contribution < -0.4 is 5.73 Å². The van der Waals surface area contributed by atoms with Gasteiger partial charge in [0.15, 0.2) is 0 Å². The predicted octanol–water partition coefficient (Wildman–Crippen LogP) is 0.592. The van der Waals surface area contributed by atoms with Crippen LogP contribution in [0.15, 0.2) is 0 Å². The molecule has 0 bridgehead atoms. The monoisotopic (exact) mass is 182 g/mol. The minimum atomic E-state index is 0.348. The van der Waals surface area contributed by atoms with Crippen LogP contribution in [0.5, 0.6) is 0 Å². The summed E-state index contributed by atoms with van der Waals surface area (Å²) in [6.45, 7) is 0.920. The highest BCUT2D eigenvalue weighted by atomic mass is 16.2. The Morgan fingerprint density at radius 3 is 2.54 bits per heavy atom. The topological polar surface area (TPSA) is 46.3 Å². The van der Waals surface area contributed by atoms with Gasteiger partial charge in [-0.2, -0.15) is 0 Å². The van der Waals surface area contributed by atoms with Crippen molar-refractivity contribution >= 4 is 5.91 Å². The van der Waals surface area contributed by atoms with Gasteiger partial charge in [-0.15, -0.1) is 0 Å². The van der Waals surface area contributed by atoms with Crippen LogP contribution in [0.25, 0.3) is 0 Å². The molecule has 3 nitrogen and oxygen atoms in total. The van der Waals surface area contributed by atoms with Crippen LogP contribution in [0.1, 0.15) is 25.7 Å². The van der Waals surface area contributed by atoms with Gasteiger partial charge < -0.3 is 10.6 Å². The first kappa shape index (κ1) is 9.00. The first-order chi connectivity index (χ1) is 6.16. The van der Waals surface area contributed by atoms with Crippen LogP contribution in [0.2, 0.25) is 0 Å². The number of carbonyl (C=O) groups is 1. The average Bonchev–Trinajstić information content (AvgIpc) is 2.82. The number of carbonyl (C=O) groups excluding carboxylic acids is 1. The maximum absolute atomic E-state index is 11.6. The van der Waals surface area contributed by atoms with Gasteiger partial charge in [-0.1, -0.05) is 0 Å². The van der Waals surface area contributed by atoms with Gasteiger partial charge >= 0.3 is 0 Å². The molecular formula is C10H18N2O. The molecule has 0 atom stereocenters. The molecule has 2 aliphatic rings. The van der Waals surface area contributed by atoms with Gasteiger partial charge in [-0.25, -0.2) is 0 Å². The molecule has 3 heteroatoms. The van der Waals surface area contributed by atoms with Crippen LogP contribution in [0, 0.1) is 11.8 Å². The zero-order chi connectivity index (χ0) is 9.42. The first-order valence-electron chi connectivity index (χ1n) is 5.17. The fraction of sp³-hybridized carbons (Fsp3) is 0.900. The Morgan fingerprint density at radius 2 is 2.08 bits per heavy atom. The summed E-state index contributed by atoms with van der Waals surface area (Å²) in [7, 11) is 1.92. The second kappa shape index (κ2) is 3.29. The number of nitrogens with zero attached hydrogens (tertiary/aromatic N) is 1. The molecule has 2 aliphatic carbocycles. The van der Waals surface area contributed by atoms with E-state index in [1.807, 2.05) is 11.9 Å². The van der Waals surface area contributed by atoms with E-state index in [0.717, 1.165) is 32.2 Å². The third kappa shape index (κ3) is 2.02. The highest BCUT2D eigenvalue weighted by Gasteiger charge is 2.34. The molecule has 0 aromatic heterocycles. The predicted molar refractivity (Wildman–Crippen MR) is 51.1 cm³/mol. The summed E-state index contributed by atoms with van der Waals surface area (Å²) in [6.07, 6.45) is 4.41. The molecule has 0 saturated heterocycles. The van der Waals surface area contributed by atoms with Crippen molar-refractivity contribution in [3.8, 4) is 0 Å². The van der Waals surface area contributed by atoms with E-state index >= 15 is 0 Å². The zero-order valence-corrected chi connectivity index (χ0v) is 8.20. The Balaban J connectivity index is 1.71. The Bertz CT molecular complexity index is 207. The fourth-order valence-electron chi connectivity index (χ4n) is 2.06. The van der Waals surface area contributed by atoms with E-state index in [4.69, 9.17) is 5.73 Å². The van der Waals surface area contributed by atoms with E-state index in [1.54, 1.807) is 0 Å². The van der Waals surface area contributed by atoms with Crippen molar-refractivity contribution in [2.45, 2.75) is 31.7 Å². The largest absolute Gasteiger partial charge is 0.345 e.